The minimum Gasteiger partial charge on any atom is -0.354 e. The Hall–Kier alpha value is -4.23. The Bertz CT molecular complexity index is 2390. The van der Waals surface area contributed by atoms with Crippen molar-refractivity contribution in [2.45, 2.75) is 76.5 Å². The van der Waals surface area contributed by atoms with E-state index in [-0.39, 0.29) is 52.8 Å². The summed E-state index contributed by atoms with van der Waals surface area (Å²) in [6.07, 6.45) is 6.35. The summed E-state index contributed by atoms with van der Waals surface area (Å²) in [7, 11) is 0. The number of nitriles is 1. The highest BCUT2D eigenvalue weighted by Crippen LogP contribution is 2.54. The van der Waals surface area contributed by atoms with E-state index in [4.69, 9.17) is 33.2 Å². The molecule has 8 nitrogen and oxygen atoms in total. The van der Waals surface area contributed by atoms with Gasteiger partial charge in [0.15, 0.2) is 5.82 Å². The summed E-state index contributed by atoms with van der Waals surface area (Å²) in [6, 6.07) is 16.3. The smallest absolute Gasteiger partial charge is 0.226 e. The van der Waals surface area contributed by atoms with Crippen LogP contribution in [0.1, 0.15) is 66.7 Å². The molecule has 2 aliphatic carbocycles. The third kappa shape index (κ3) is 5.05. The quantitative estimate of drug-likeness (QED) is 0.180. The van der Waals surface area contributed by atoms with E-state index in [9.17, 15) is 10.1 Å². The SMILES string of the molecule is Cc1cccnc1N1CC2CC(C1)N(C(=O)C1CC1)C2c1cc2c(C)nc3c(F)c(-c4cccc(Cl)c4Cl)c(CCC#N)cc3c2n1C1C2CNC1C2. The minimum absolute atomic E-state index is 0.0759. The van der Waals surface area contributed by atoms with Gasteiger partial charge in [-0.25, -0.2) is 14.4 Å². The number of rotatable bonds is 7. The van der Waals surface area contributed by atoms with Crippen LogP contribution in [0, 0.1) is 48.7 Å². The Morgan fingerprint density at radius 1 is 1.08 bits per heavy atom. The van der Waals surface area contributed by atoms with Crippen molar-refractivity contribution in [3.63, 3.8) is 0 Å². The number of nitrogens with zero attached hydrogens (tertiary/aromatic N) is 6. The Labute approximate surface area is 317 Å². The van der Waals surface area contributed by atoms with Gasteiger partial charge in [-0.1, -0.05) is 41.4 Å². The van der Waals surface area contributed by atoms with Crippen molar-refractivity contribution in [2.24, 2.45) is 17.8 Å². The van der Waals surface area contributed by atoms with E-state index >= 15 is 4.39 Å². The van der Waals surface area contributed by atoms with Gasteiger partial charge in [-0.2, -0.15) is 5.26 Å². The van der Waals surface area contributed by atoms with Crippen LogP contribution in [0.15, 0.2) is 48.7 Å². The normalized spacial score (nSPS) is 26.0. The van der Waals surface area contributed by atoms with Gasteiger partial charge in [0.2, 0.25) is 5.91 Å². The van der Waals surface area contributed by atoms with Crippen molar-refractivity contribution >= 4 is 56.7 Å². The second-order valence-corrected chi connectivity index (χ2v) is 16.7. The van der Waals surface area contributed by atoms with Gasteiger partial charge in [0, 0.05) is 83.4 Å². The number of carbonyl (C=O) groups is 1. The topological polar surface area (TPSA) is 90.1 Å². The molecule has 4 bridgehead atoms. The number of aromatic nitrogens is 3. The number of anilines is 1. The average Bonchev–Trinajstić information content (AvgIpc) is 3.43. The third-order valence-corrected chi connectivity index (χ3v) is 13.6. The monoisotopic (exact) mass is 747 g/mol. The molecular weight excluding hydrogens is 708 g/mol. The molecule has 3 aromatic heterocycles. The summed E-state index contributed by atoms with van der Waals surface area (Å²) in [5.74, 6) is 1.51. The molecule has 2 saturated carbocycles. The molecule has 2 aromatic carbocycles. The Morgan fingerprint density at radius 2 is 1.92 bits per heavy atom. The highest BCUT2D eigenvalue weighted by atomic mass is 35.5. The van der Waals surface area contributed by atoms with Crippen LogP contribution < -0.4 is 10.2 Å². The number of benzene rings is 2. The second kappa shape index (κ2) is 12.4. The molecule has 11 rings (SSSR count). The standard InChI is InChI=1S/C42H40Cl2FN7O/c1-21-6-5-13-47-41(21)50-19-26-14-27(20-50)51(42(53)23-10-11-23)39(26)33-17-29-22(2)49-37-30(40(29)52(33)38-25-16-32(38)48-18-25)15-24(7-4-12-46)34(36(37)45)28-8-3-9-31(43)35(28)44/h3,5-6,8-9,13,15,17,23,25-27,32,38-39,48H,4,7,10-11,14,16,18-20H2,1-2H3. The van der Waals surface area contributed by atoms with Crippen LogP contribution in [-0.4, -0.2) is 57.1 Å². The van der Waals surface area contributed by atoms with Gasteiger partial charge >= 0.3 is 0 Å². The number of fused-ring (bicyclic) bond motifs is 6. The highest BCUT2D eigenvalue weighted by molar-refractivity contribution is 6.43. The molecule has 1 amide bonds. The number of hydrogen-bond acceptors (Lipinski definition) is 6. The van der Waals surface area contributed by atoms with Gasteiger partial charge in [-0.3, -0.25) is 4.79 Å². The highest BCUT2D eigenvalue weighted by Gasteiger charge is 2.55. The summed E-state index contributed by atoms with van der Waals surface area (Å²) < 4.78 is 19.8. The Morgan fingerprint density at radius 3 is 2.66 bits per heavy atom. The maximum Gasteiger partial charge on any atom is 0.226 e. The van der Waals surface area contributed by atoms with Crippen molar-refractivity contribution in [3.05, 3.63) is 87.0 Å². The summed E-state index contributed by atoms with van der Waals surface area (Å²) in [5.41, 5.74) is 5.77. The van der Waals surface area contributed by atoms with E-state index in [1.54, 1.807) is 18.2 Å². The third-order valence-electron chi connectivity index (χ3n) is 12.8. The Balaban J connectivity index is 1.22. The van der Waals surface area contributed by atoms with Gasteiger partial charge < -0.3 is 19.7 Å². The first-order chi connectivity index (χ1) is 25.7. The maximum absolute atomic E-state index is 17.3. The molecule has 5 aromatic rings. The molecule has 4 aliphatic heterocycles. The number of halogens is 3. The van der Waals surface area contributed by atoms with Crippen molar-refractivity contribution in [1.29, 1.82) is 5.26 Å². The van der Waals surface area contributed by atoms with E-state index in [1.807, 2.05) is 25.3 Å². The summed E-state index contributed by atoms with van der Waals surface area (Å²) >= 11 is 13.2. The van der Waals surface area contributed by atoms with Crippen LogP contribution in [-0.2, 0) is 11.2 Å². The van der Waals surface area contributed by atoms with Crippen molar-refractivity contribution in [2.75, 3.05) is 24.5 Å². The van der Waals surface area contributed by atoms with Crippen molar-refractivity contribution in [3.8, 4) is 17.2 Å². The molecule has 0 radical (unpaired) electrons. The largest absolute Gasteiger partial charge is 0.354 e. The zero-order valence-corrected chi connectivity index (χ0v) is 31.3. The fourth-order valence-electron chi connectivity index (χ4n) is 10.3. The van der Waals surface area contributed by atoms with E-state index in [1.165, 1.54) is 0 Å². The fourth-order valence-corrected chi connectivity index (χ4v) is 10.7. The minimum atomic E-state index is -0.461. The number of pyridine rings is 2. The molecule has 53 heavy (non-hydrogen) atoms. The predicted octanol–water partition coefficient (Wildman–Crippen LogP) is 8.49. The molecule has 7 heterocycles. The van der Waals surface area contributed by atoms with E-state index in [0.717, 1.165) is 84.4 Å². The number of nitrogens with one attached hydrogen (secondary N) is 1. The fraction of sp³-hybridized carbons (Fsp3) is 0.429. The van der Waals surface area contributed by atoms with Crippen LogP contribution in [0.4, 0.5) is 10.2 Å². The van der Waals surface area contributed by atoms with Crippen LogP contribution >= 0.6 is 23.2 Å². The zero-order chi connectivity index (χ0) is 36.3. The van der Waals surface area contributed by atoms with Gasteiger partial charge in [-0.15, -0.1) is 0 Å². The molecule has 270 valence electrons. The van der Waals surface area contributed by atoms with Crippen molar-refractivity contribution in [1.82, 2.24) is 24.8 Å². The number of likely N-dealkylation sites (tertiary alicyclic amines) is 1. The molecule has 4 saturated heterocycles. The first kappa shape index (κ1) is 33.3. The van der Waals surface area contributed by atoms with Crippen LogP contribution in [0.25, 0.3) is 32.9 Å². The molecule has 6 unspecified atom stereocenters. The van der Waals surface area contributed by atoms with Crippen molar-refractivity contribution < 1.29 is 9.18 Å². The van der Waals surface area contributed by atoms with Gasteiger partial charge in [0.05, 0.1) is 39.8 Å². The first-order valence-corrected chi connectivity index (χ1v) is 19.7. The molecule has 1 N–H and O–H groups in total. The van der Waals surface area contributed by atoms with E-state index in [2.05, 4.69) is 44.8 Å². The molecule has 0 spiro atoms. The molecule has 6 aliphatic rings. The number of piperidine rings is 1. The summed E-state index contributed by atoms with van der Waals surface area (Å²) in [4.78, 5) is 28.8. The number of amides is 1. The first-order valence-electron chi connectivity index (χ1n) is 18.9. The lowest BCUT2D eigenvalue weighted by Gasteiger charge is -2.40. The maximum atomic E-state index is 17.3. The molecule has 6 fully saturated rings. The predicted molar refractivity (Wildman–Crippen MR) is 206 cm³/mol. The van der Waals surface area contributed by atoms with Gasteiger partial charge in [-0.05, 0) is 87.3 Å². The lowest BCUT2D eigenvalue weighted by Crippen LogP contribution is -2.45. The number of carbonyl (C=O) groups excluding carboxylic acids is 1. The molecule has 11 heteroatoms. The number of aryl methyl sites for hydroxylation is 3. The van der Waals surface area contributed by atoms with E-state index in [0.29, 0.717) is 40.1 Å². The van der Waals surface area contributed by atoms with Crippen LogP contribution in [0.5, 0.6) is 0 Å². The molecular formula is C42H40Cl2FN7O. The number of hydrogen-bond donors (Lipinski definition) is 1. The second-order valence-electron chi connectivity index (χ2n) is 15.9. The summed E-state index contributed by atoms with van der Waals surface area (Å²) in [6.45, 7) is 6.57. The average molecular weight is 749 g/mol. The Kier molecular flexibility index (Phi) is 7.81. The van der Waals surface area contributed by atoms with Crippen LogP contribution in [0.3, 0.4) is 0 Å². The van der Waals surface area contributed by atoms with Crippen LogP contribution in [0.2, 0.25) is 10.0 Å². The zero-order valence-electron chi connectivity index (χ0n) is 29.7. The summed E-state index contributed by atoms with van der Waals surface area (Å²) in [5, 5.41) is 15.7. The lowest BCUT2D eigenvalue weighted by molar-refractivity contribution is -0.135. The van der Waals surface area contributed by atoms with Gasteiger partial charge in [0.25, 0.3) is 0 Å². The molecule has 6 atom stereocenters. The lowest BCUT2D eigenvalue weighted by atomic mass is 9.79. The van der Waals surface area contributed by atoms with Gasteiger partial charge in [0.1, 0.15) is 11.3 Å². The van der Waals surface area contributed by atoms with E-state index < -0.39 is 5.82 Å².